The van der Waals surface area contributed by atoms with E-state index >= 15 is 0 Å². The van der Waals surface area contributed by atoms with Crippen molar-refractivity contribution in [2.45, 2.75) is 18.9 Å². The third-order valence-electron chi connectivity index (χ3n) is 4.71. The third kappa shape index (κ3) is 4.14. The Morgan fingerprint density at radius 2 is 1.81 bits per heavy atom. The summed E-state index contributed by atoms with van der Waals surface area (Å²) in [4.78, 5) is 18.7. The van der Waals surface area contributed by atoms with Gasteiger partial charge in [0.25, 0.3) is 0 Å². The number of nitrogens with one attached hydrogen (secondary N) is 1. The number of likely N-dealkylation sites (tertiary alicyclic amines) is 1. The average Bonchev–Trinajstić information content (AvgIpc) is 2.70. The van der Waals surface area contributed by atoms with E-state index in [1.54, 1.807) is 30.5 Å². The fourth-order valence-electron chi connectivity index (χ4n) is 3.26. The number of urea groups is 1. The standard InChI is InChI=1S/C21H20ClN3O2/c22-16-6-8-17(9-7-16)24-21(26)25-13-10-18(11-14-25)27-19-5-1-3-15-4-2-12-23-20(15)19/h1-9,12,18H,10-11,13-14H2,(H,24,26). The minimum absolute atomic E-state index is 0.0807. The molecular formula is C21H20ClN3O2. The fourth-order valence-corrected chi connectivity index (χ4v) is 3.39. The molecule has 1 aliphatic rings. The second kappa shape index (κ2) is 7.84. The molecule has 6 heteroatoms. The number of carbonyl (C=O) groups excluding carboxylic acids is 1. The number of amides is 2. The van der Waals surface area contributed by atoms with E-state index in [0.717, 1.165) is 35.2 Å². The van der Waals surface area contributed by atoms with Gasteiger partial charge in [-0.05, 0) is 36.4 Å². The maximum absolute atomic E-state index is 12.4. The Morgan fingerprint density at radius 3 is 2.59 bits per heavy atom. The van der Waals surface area contributed by atoms with Crippen molar-refractivity contribution in [2.75, 3.05) is 18.4 Å². The van der Waals surface area contributed by atoms with Crippen molar-refractivity contribution >= 4 is 34.2 Å². The van der Waals surface area contributed by atoms with E-state index in [1.165, 1.54) is 0 Å². The highest BCUT2D eigenvalue weighted by molar-refractivity contribution is 6.30. The normalized spacial score (nSPS) is 14.9. The maximum Gasteiger partial charge on any atom is 0.321 e. The smallest absolute Gasteiger partial charge is 0.321 e. The van der Waals surface area contributed by atoms with Gasteiger partial charge in [-0.25, -0.2) is 4.79 Å². The molecule has 138 valence electrons. The van der Waals surface area contributed by atoms with Crippen molar-refractivity contribution in [1.29, 1.82) is 0 Å². The van der Waals surface area contributed by atoms with E-state index in [2.05, 4.69) is 10.3 Å². The molecule has 1 saturated heterocycles. The van der Waals surface area contributed by atoms with Crippen LogP contribution in [0.1, 0.15) is 12.8 Å². The quantitative estimate of drug-likeness (QED) is 0.697. The van der Waals surface area contributed by atoms with E-state index < -0.39 is 0 Å². The van der Waals surface area contributed by atoms with Crippen LogP contribution in [0, 0.1) is 0 Å². The molecule has 1 fully saturated rings. The molecule has 5 nitrogen and oxygen atoms in total. The van der Waals surface area contributed by atoms with Crippen LogP contribution < -0.4 is 10.1 Å². The van der Waals surface area contributed by atoms with E-state index in [4.69, 9.17) is 16.3 Å². The first-order valence-corrected chi connectivity index (χ1v) is 9.39. The Hall–Kier alpha value is -2.79. The molecule has 2 heterocycles. The molecular weight excluding hydrogens is 362 g/mol. The number of hydrogen-bond acceptors (Lipinski definition) is 3. The Balaban J connectivity index is 1.34. The van der Waals surface area contributed by atoms with Crippen LogP contribution in [0.4, 0.5) is 10.5 Å². The first kappa shape index (κ1) is 17.6. The lowest BCUT2D eigenvalue weighted by Crippen LogP contribution is -2.43. The summed E-state index contributed by atoms with van der Waals surface area (Å²) in [6.07, 6.45) is 3.44. The summed E-state index contributed by atoms with van der Waals surface area (Å²) >= 11 is 5.87. The predicted octanol–water partition coefficient (Wildman–Crippen LogP) is 4.96. The highest BCUT2D eigenvalue weighted by Crippen LogP contribution is 2.26. The summed E-state index contributed by atoms with van der Waals surface area (Å²) in [5, 5.41) is 4.62. The number of rotatable bonds is 3. The molecule has 0 spiro atoms. The Morgan fingerprint density at radius 1 is 1.07 bits per heavy atom. The molecule has 4 rings (SSSR count). The van der Waals surface area contributed by atoms with Crippen LogP contribution in [0.5, 0.6) is 5.75 Å². The molecule has 0 radical (unpaired) electrons. The van der Waals surface area contributed by atoms with Crippen LogP contribution in [-0.2, 0) is 0 Å². The zero-order chi connectivity index (χ0) is 18.6. The number of pyridine rings is 1. The number of hydrogen-bond donors (Lipinski definition) is 1. The monoisotopic (exact) mass is 381 g/mol. The summed E-state index contributed by atoms with van der Waals surface area (Å²) in [6.45, 7) is 1.31. The van der Waals surface area contributed by atoms with E-state index in [1.807, 2.05) is 35.2 Å². The van der Waals surface area contributed by atoms with E-state index in [0.29, 0.717) is 18.1 Å². The van der Waals surface area contributed by atoms with Crippen LogP contribution in [-0.4, -0.2) is 35.1 Å². The average molecular weight is 382 g/mol. The summed E-state index contributed by atoms with van der Waals surface area (Å²) < 4.78 is 6.19. The van der Waals surface area contributed by atoms with Gasteiger partial charge < -0.3 is 15.0 Å². The maximum atomic E-state index is 12.4. The summed E-state index contributed by atoms with van der Waals surface area (Å²) in [5.74, 6) is 0.803. The van der Waals surface area contributed by atoms with Gasteiger partial charge >= 0.3 is 6.03 Å². The first-order chi connectivity index (χ1) is 13.2. The minimum Gasteiger partial charge on any atom is -0.488 e. The van der Waals surface area contributed by atoms with Gasteiger partial charge in [-0.2, -0.15) is 0 Å². The van der Waals surface area contributed by atoms with Crippen LogP contribution in [0.15, 0.2) is 60.8 Å². The Bertz CT molecular complexity index is 932. The molecule has 3 aromatic rings. The molecule has 0 aliphatic carbocycles. The van der Waals surface area contributed by atoms with Crippen LogP contribution in [0.2, 0.25) is 5.02 Å². The lowest BCUT2D eigenvalue weighted by molar-refractivity contribution is 0.116. The van der Waals surface area contributed by atoms with Crippen molar-refractivity contribution in [3.05, 3.63) is 65.8 Å². The topological polar surface area (TPSA) is 54.5 Å². The van der Waals surface area contributed by atoms with Crippen molar-refractivity contribution in [3.63, 3.8) is 0 Å². The van der Waals surface area contributed by atoms with Gasteiger partial charge in [0, 0.05) is 48.2 Å². The number of ether oxygens (including phenoxy) is 1. The molecule has 0 saturated carbocycles. The van der Waals surface area contributed by atoms with Crippen molar-refractivity contribution in [2.24, 2.45) is 0 Å². The van der Waals surface area contributed by atoms with Gasteiger partial charge in [-0.3, -0.25) is 4.98 Å². The van der Waals surface area contributed by atoms with E-state index in [-0.39, 0.29) is 12.1 Å². The summed E-state index contributed by atoms with van der Waals surface area (Å²) in [7, 11) is 0. The minimum atomic E-state index is -0.0948. The highest BCUT2D eigenvalue weighted by atomic mass is 35.5. The zero-order valence-electron chi connectivity index (χ0n) is 14.8. The third-order valence-corrected chi connectivity index (χ3v) is 4.97. The van der Waals surface area contributed by atoms with Crippen molar-refractivity contribution in [1.82, 2.24) is 9.88 Å². The molecule has 0 bridgehead atoms. The first-order valence-electron chi connectivity index (χ1n) is 9.01. The Labute approximate surface area is 162 Å². The lowest BCUT2D eigenvalue weighted by Gasteiger charge is -2.32. The van der Waals surface area contributed by atoms with Gasteiger partial charge in [0.05, 0.1) is 0 Å². The van der Waals surface area contributed by atoms with Crippen LogP contribution in [0.25, 0.3) is 10.9 Å². The second-order valence-corrected chi connectivity index (χ2v) is 7.01. The predicted molar refractivity (Wildman–Crippen MR) is 107 cm³/mol. The number of benzene rings is 2. The summed E-state index contributed by atoms with van der Waals surface area (Å²) in [6, 6.07) is 16.9. The second-order valence-electron chi connectivity index (χ2n) is 6.57. The number of anilines is 1. The summed E-state index contributed by atoms with van der Waals surface area (Å²) in [5.41, 5.74) is 1.62. The van der Waals surface area contributed by atoms with Gasteiger partial charge in [0.2, 0.25) is 0 Å². The number of halogens is 1. The molecule has 2 amide bonds. The zero-order valence-corrected chi connectivity index (χ0v) is 15.5. The number of carbonyl (C=O) groups is 1. The number of fused-ring (bicyclic) bond motifs is 1. The Kier molecular flexibility index (Phi) is 5.12. The fraction of sp³-hybridized carbons (Fsp3) is 0.238. The molecule has 1 aromatic heterocycles. The van der Waals surface area contributed by atoms with Gasteiger partial charge in [-0.15, -0.1) is 0 Å². The molecule has 1 aliphatic heterocycles. The highest BCUT2D eigenvalue weighted by Gasteiger charge is 2.24. The van der Waals surface area contributed by atoms with Gasteiger partial charge in [0.1, 0.15) is 17.4 Å². The van der Waals surface area contributed by atoms with Crippen LogP contribution >= 0.6 is 11.6 Å². The molecule has 27 heavy (non-hydrogen) atoms. The van der Waals surface area contributed by atoms with E-state index in [9.17, 15) is 4.79 Å². The SMILES string of the molecule is O=C(Nc1ccc(Cl)cc1)N1CCC(Oc2cccc3cccnc23)CC1. The van der Waals surface area contributed by atoms with Crippen molar-refractivity contribution < 1.29 is 9.53 Å². The van der Waals surface area contributed by atoms with Crippen LogP contribution in [0.3, 0.4) is 0 Å². The molecule has 0 atom stereocenters. The molecule has 1 N–H and O–H groups in total. The number of aromatic nitrogens is 1. The number of nitrogens with zero attached hydrogens (tertiary/aromatic N) is 2. The number of piperidine rings is 1. The largest absolute Gasteiger partial charge is 0.488 e. The lowest BCUT2D eigenvalue weighted by atomic mass is 10.1. The number of para-hydroxylation sites is 1. The van der Waals surface area contributed by atoms with Crippen molar-refractivity contribution in [3.8, 4) is 5.75 Å². The van der Waals surface area contributed by atoms with Gasteiger partial charge in [-0.1, -0.05) is 29.8 Å². The van der Waals surface area contributed by atoms with Gasteiger partial charge in [0.15, 0.2) is 0 Å². The molecule has 0 unspecified atom stereocenters. The molecule has 2 aromatic carbocycles.